The Morgan fingerprint density at radius 1 is 1.56 bits per heavy atom. The van der Waals surface area contributed by atoms with E-state index in [1.807, 2.05) is 6.92 Å². The third kappa shape index (κ3) is 3.19. The molecule has 0 aromatic rings. The van der Waals surface area contributed by atoms with Gasteiger partial charge < -0.3 is 15.2 Å². The SMILES string of the molecule is CC(C)(C)CCOC(=O)C1(C)COCC1N. The molecule has 1 heterocycles. The molecule has 2 unspecified atom stereocenters. The van der Waals surface area contributed by atoms with Crippen molar-refractivity contribution in [3.63, 3.8) is 0 Å². The Bertz CT molecular complexity index is 259. The lowest BCUT2D eigenvalue weighted by Crippen LogP contribution is -2.45. The maximum Gasteiger partial charge on any atom is 0.315 e. The molecule has 2 N–H and O–H groups in total. The maximum atomic E-state index is 11.9. The van der Waals surface area contributed by atoms with E-state index < -0.39 is 5.41 Å². The van der Waals surface area contributed by atoms with Crippen molar-refractivity contribution in [1.29, 1.82) is 0 Å². The highest BCUT2D eigenvalue weighted by Crippen LogP contribution is 2.29. The Morgan fingerprint density at radius 2 is 2.19 bits per heavy atom. The molecule has 0 aliphatic carbocycles. The van der Waals surface area contributed by atoms with Crippen LogP contribution in [0, 0.1) is 10.8 Å². The monoisotopic (exact) mass is 229 g/mol. The van der Waals surface area contributed by atoms with Gasteiger partial charge in [-0.2, -0.15) is 0 Å². The van der Waals surface area contributed by atoms with Crippen molar-refractivity contribution in [2.24, 2.45) is 16.6 Å². The zero-order chi connectivity index (χ0) is 12.4. The number of hydrogen-bond donors (Lipinski definition) is 1. The van der Waals surface area contributed by atoms with Crippen LogP contribution in [0.4, 0.5) is 0 Å². The summed E-state index contributed by atoms with van der Waals surface area (Å²) < 4.78 is 10.5. The summed E-state index contributed by atoms with van der Waals surface area (Å²) in [6.45, 7) is 9.41. The second kappa shape index (κ2) is 4.72. The molecule has 0 aromatic heterocycles. The van der Waals surface area contributed by atoms with E-state index in [9.17, 15) is 4.79 Å². The van der Waals surface area contributed by atoms with Crippen LogP contribution in [0.15, 0.2) is 0 Å². The van der Waals surface area contributed by atoms with Gasteiger partial charge in [0.1, 0.15) is 5.41 Å². The molecule has 4 nitrogen and oxygen atoms in total. The normalized spacial score (nSPS) is 30.4. The van der Waals surface area contributed by atoms with E-state index in [0.29, 0.717) is 19.8 Å². The van der Waals surface area contributed by atoms with Gasteiger partial charge in [0, 0.05) is 6.04 Å². The molecule has 2 atom stereocenters. The van der Waals surface area contributed by atoms with Gasteiger partial charge in [-0.15, -0.1) is 0 Å². The Morgan fingerprint density at radius 3 is 2.62 bits per heavy atom. The smallest absolute Gasteiger partial charge is 0.315 e. The molecule has 16 heavy (non-hydrogen) atoms. The minimum absolute atomic E-state index is 0.176. The van der Waals surface area contributed by atoms with E-state index in [-0.39, 0.29) is 17.4 Å². The second-order valence-corrected chi connectivity index (χ2v) is 5.99. The third-order valence-electron chi connectivity index (χ3n) is 3.07. The number of carbonyl (C=O) groups excluding carboxylic acids is 1. The lowest BCUT2D eigenvalue weighted by molar-refractivity contribution is -0.156. The first-order valence-corrected chi connectivity index (χ1v) is 5.76. The van der Waals surface area contributed by atoms with Gasteiger partial charge in [0.25, 0.3) is 0 Å². The quantitative estimate of drug-likeness (QED) is 0.742. The summed E-state index contributed by atoms with van der Waals surface area (Å²) in [5.74, 6) is -0.234. The number of ether oxygens (including phenoxy) is 2. The Labute approximate surface area is 97.5 Å². The standard InChI is InChI=1S/C12H23NO3/c1-11(2,3)5-6-16-10(14)12(4)8-15-7-9(12)13/h9H,5-8,13H2,1-4H3. The van der Waals surface area contributed by atoms with Gasteiger partial charge in [0.2, 0.25) is 0 Å². The predicted molar refractivity (Wildman–Crippen MR) is 61.9 cm³/mol. The molecular weight excluding hydrogens is 206 g/mol. The highest BCUT2D eigenvalue weighted by Gasteiger charge is 2.45. The fourth-order valence-electron chi connectivity index (χ4n) is 1.51. The summed E-state index contributed by atoms with van der Waals surface area (Å²) in [6.07, 6.45) is 0.852. The molecule has 0 spiro atoms. The van der Waals surface area contributed by atoms with E-state index in [1.54, 1.807) is 0 Å². The average Bonchev–Trinajstić information content (AvgIpc) is 2.46. The molecule has 0 aromatic carbocycles. The molecule has 0 amide bonds. The summed E-state index contributed by atoms with van der Waals surface area (Å²) in [6, 6.07) is -0.255. The van der Waals surface area contributed by atoms with Crippen LogP contribution in [-0.2, 0) is 14.3 Å². The van der Waals surface area contributed by atoms with Crippen molar-refractivity contribution in [3.05, 3.63) is 0 Å². The molecule has 94 valence electrons. The van der Waals surface area contributed by atoms with Crippen molar-refractivity contribution < 1.29 is 14.3 Å². The number of nitrogens with two attached hydrogens (primary N) is 1. The van der Waals surface area contributed by atoms with Crippen LogP contribution in [0.25, 0.3) is 0 Å². The lowest BCUT2D eigenvalue weighted by atomic mass is 9.86. The number of hydrogen-bond acceptors (Lipinski definition) is 4. The minimum atomic E-state index is -0.669. The van der Waals surface area contributed by atoms with E-state index >= 15 is 0 Å². The van der Waals surface area contributed by atoms with Crippen LogP contribution in [0.3, 0.4) is 0 Å². The van der Waals surface area contributed by atoms with Gasteiger partial charge in [0.05, 0.1) is 19.8 Å². The molecule has 1 aliphatic heterocycles. The van der Waals surface area contributed by atoms with Gasteiger partial charge in [-0.25, -0.2) is 0 Å². The third-order valence-corrected chi connectivity index (χ3v) is 3.07. The fourth-order valence-corrected chi connectivity index (χ4v) is 1.51. The molecule has 1 rings (SSSR count). The molecule has 0 saturated carbocycles. The van der Waals surface area contributed by atoms with E-state index in [1.165, 1.54) is 0 Å². The Balaban J connectivity index is 2.41. The number of rotatable bonds is 3. The van der Waals surface area contributed by atoms with Gasteiger partial charge in [0.15, 0.2) is 0 Å². The Hall–Kier alpha value is -0.610. The molecule has 4 heteroatoms. The summed E-state index contributed by atoms with van der Waals surface area (Å²) in [5, 5.41) is 0. The summed E-state index contributed by atoms with van der Waals surface area (Å²) in [5.41, 5.74) is 5.35. The van der Waals surface area contributed by atoms with Gasteiger partial charge in [-0.3, -0.25) is 4.79 Å². The lowest BCUT2D eigenvalue weighted by Gasteiger charge is -2.25. The molecule has 1 aliphatic rings. The summed E-state index contributed by atoms with van der Waals surface area (Å²) in [4.78, 5) is 11.9. The highest BCUT2D eigenvalue weighted by molar-refractivity contribution is 5.78. The van der Waals surface area contributed by atoms with Crippen LogP contribution in [0.5, 0.6) is 0 Å². The largest absolute Gasteiger partial charge is 0.465 e. The number of esters is 1. The van der Waals surface area contributed by atoms with Crippen LogP contribution >= 0.6 is 0 Å². The second-order valence-electron chi connectivity index (χ2n) is 5.99. The van der Waals surface area contributed by atoms with Crippen LogP contribution in [0.1, 0.15) is 34.1 Å². The average molecular weight is 229 g/mol. The van der Waals surface area contributed by atoms with Crippen LogP contribution in [-0.4, -0.2) is 31.8 Å². The van der Waals surface area contributed by atoms with E-state index in [2.05, 4.69) is 20.8 Å². The first-order valence-electron chi connectivity index (χ1n) is 5.76. The predicted octanol–water partition coefficient (Wildman–Crippen LogP) is 1.33. The first-order chi connectivity index (χ1) is 7.26. The Kier molecular flexibility index (Phi) is 3.97. The highest BCUT2D eigenvalue weighted by atomic mass is 16.5. The van der Waals surface area contributed by atoms with E-state index in [0.717, 1.165) is 6.42 Å². The molecule has 0 bridgehead atoms. The maximum absolute atomic E-state index is 11.9. The van der Waals surface area contributed by atoms with Gasteiger partial charge >= 0.3 is 5.97 Å². The number of carbonyl (C=O) groups is 1. The van der Waals surface area contributed by atoms with E-state index in [4.69, 9.17) is 15.2 Å². The minimum Gasteiger partial charge on any atom is -0.465 e. The summed E-state index contributed by atoms with van der Waals surface area (Å²) in [7, 11) is 0. The molecule has 1 fully saturated rings. The summed E-state index contributed by atoms with van der Waals surface area (Å²) >= 11 is 0. The van der Waals surface area contributed by atoms with Crippen molar-refractivity contribution in [1.82, 2.24) is 0 Å². The van der Waals surface area contributed by atoms with Gasteiger partial charge in [-0.05, 0) is 18.8 Å². The van der Waals surface area contributed by atoms with Crippen molar-refractivity contribution >= 4 is 5.97 Å². The fraction of sp³-hybridized carbons (Fsp3) is 0.917. The zero-order valence-corrected chi connectivity index (χ0v) is 10.7. The first kappa shape index (κ1) is 13.5. The van der Waals surface area contributed by atoms with Crippen LogP contribution in [0.2, 0.25) is 0 Å². The van der Waals surface area contributed by atoms with Crippen LogP contribution < -0.4 is 5.73 Å². The van der Waals surface area contributed by atoms with Crippen molar-refractivity contribution in [3.8, 4) is 0 Å². The van der Waals surface area contributed by atoms with Gasteiger partial charge in [-0.1, -0.05) is 20.8 Å². The molecular formula is C12H23NO3. The molecule has 0 radical (unpaired) electrons. The zero-order valence-electron chi connectivity index (χ0n) is 10.7. The van der Waals surface area contributed by atoms with Crippen molar-refractivity contribution in [2.45, 2.75) is 40.2 Å². The topological polar surface area (TPSA) is 61.5 Å². The molecule has 1 saturated heterocycles. The van der Waals surface area contributed by atoms with Crippen molar-refractivity contribution in [2.75, 3.05) is 19.8 Å².